The monoisotopic (exact) mass is 599 g/mol. The number of allylic oxidation sites excluding steroid dienone is 1. The number of benzene rings is 2. The van der Waals surface area contributed by atoms with E-state index in [1.807, 2.05) is 6.92 Å². The van der Waals surface area contributed by atoms with Crippen LogP contribution in [0.2, 0.25) is 0 Å². The molecule has 44 heavy (non-hydrogen) atoms. The molecule has 2 aromatic carbocycles. The third kappa shape index (κ3) is 6.70. The second-order valence-electron chi connectivity index (χ2n) is 11.7. The predicted octanol–water partition coefficient (Wildman–Crippen LogP) is 4.33. The maximum absolute atomic E-state index is 14.6. The molecule has 0 unspecified atom stereocenters. The van der Waals surface area contributed by atoms with Crippen molar-refractivity contribution in [3.8, 4) is 0 Å². The molecule has 3 amide bonds. The van der Waals surface area contributed by atoms with Crippen LogP contribution in [0.4, 0.5) is 8.78 Å². The van der Waals surface area contributed by atoms with Crippen molar-refractivity contribution < 1.29 is 23.2 Å². The van der Waals surface area contributed by atoms with Gasteiger partial charge in [-0.05, 0) is 78.3 Å². The molecule has 3 N–H and O–H groups in total. The minimum Gasteiger partial charge on any atom is -0.348 e. The smallest absolute Gasteiger partial charge is 0.270 e. The summed E-state index contributed by atoms with van der Waals surface area (Å²) in [5.41, 5.74) is 4.74. The van der Waals surface area contributed by atoms with E-state index in [-0.39, 0.29) is 24.7 Å². The Labute approximate surface area is 254 Å². The number of halogens is 2. The first kappa shape index (κ1) is 29.6. The molecule has 3 aliphatic rings. The Morgan fingerprint density at radius 1 is 1.14 bits per heavy atom. The van der Waals surface area contributed by atoms with Gasteiger partial charge in [0.25, 0.3) is 5.91 Å². The molecule has 8 nitrogen and oxygen atoms in total. The van der Waals surface area contributed by atoms with Crippen LogP contribution in [0.1, 0.15) is 59.4 Å². The number of carbonyl (C=O) groups excluding carboxylic acids is 3. The van der Waals surface area contributed by atoms with E-state index in [1.165, 1.54) is 47.6 Å². The summed E-state index contributed by atoms with van der Waals surface area (Å²) in [5.74, 6) is -1.43. The number of hydrogen-bond donors (Lipinski definition) is 3. The Hall–Kier alpha value is -4.44. The molecule has 3 heterocycles. The van der Waals surface area contributed by atoms with Gasteiger partial charge in [0.1, 0.15) is 23.7 Å². The summed E-state index contributed by atoms with van der Waals surface area (Å²) in [5, 5.41) is 9.40. The fourth-order valence-corrected chi connectivity index (χ4v) is 5.79. The van der Waals surface area contributed by atoms with Gasteiger partial charge in [0.15, 0.2) is 0 Å². The van der Waals surface area contributed by atoms with Gasteiger partial charge in [0.2, 0.25) is 11.8 Å². The van der Waals surface area contributed by atoms with E-state index >= 15 is 0 Å². The van der Waals surface area contributed by atoms with Crippen molar-refractivity contribution in [2.75, 3.05) is 26.2 Å². The van der Waals surface area contributed by atoms with Gasteiger partial charge in [-0.25, -0.2) is 13.8 Å². The lowest BCUT2D eigenvalue weighted by molar-refractivity contribution is -0.138. The van der Waals surface area contributed by atoms with Gasteiger partial charge in [-0.3, -0.25) is 14.4 Å². The van der Waals surface area contributed by atoms with Gasteiger partial charge < -0.3 is 20.9 Å². The normalized spacial score (nSPS) is 20.6. The minimum absolute atomic E-state index is 0.0581. The van der Waals surface area contributed by atoms with Crippen molar-refractivity contribution in [1.29, 1.82) is 0 Å². The number of likely N-dealkylation sites (tertiary alicyclic amines) is 1. The van der Waals surface area contributed by atoms with E-state index in [1.54, 1.807) is 6.07 Å². The van der Waals surface area contributed by atoms with Crippen LogP contribution in [0, 0.1) is 11.7 Å². The molecule has 2 aliphatic heterocycles. The molecule has 1 aliphatic carbocycles. The number of nitrogens with zero attached hydrogens (tertiary/aromatic N) is 2. The summed E-state index contributed by atoms with van der Waals surface area (Å²) in [6, 6.07) is 11.9. The molecular weight excluding hydrogens is 564 g/mol. The molecular formula is C34H35F2N5O3. The molecule has 0 bridgehead atoms. The van der Waals surface area contributed by atoms with Crippen molar-refractivity contribution in [3.05, 3.63) is 88.9 Å². The molecule has 6 rings (SSSR count). The number of carbonyl (C=O) groups is 3. The van der Waals surface area contributed by atoms with Crippen LogP contribution in [0.5, 0.6) is 0 Å². The Morgan fingerprint density at radius 2 is 1.98 bits per heavy atom. The zero-order valence-corrected chi connectivity index (χ0v) is 24.5. The van der Waals surface area contributed by atoms with E-state index in [4.69, 9.17) is 0 Å². The molecule has 10 heteroatoms. The Balaban J connectivity index is 1.12. The summed E-state index contributed by atoms with van der Waals surface area (Å²) in [6.45, 7) is 2.84. The Kier molecular flexibility index (Phi) is 8.52. The second kappa shape index (κ2) is 12.7. The number of aromatic nitrogens is 1. The molecule has 0 radical (unpaired) electrons. The van der Waals surface area contributed by atoms with Crippen LogP contribution in [-0.2, 0) is 9.59 Å². The summed E-state index contributed by atoms with van der Waals surface area (Å²) in [6.07, 6.45) is 7.36. The van der Waals surface area contributed by atoms with Crippen LogP contribution in [0.25, 0.3) is 22.6 Å². The lowest BCUT2D eigenvalue weighted by Crippen LogP contribution is -2.49. The molecule has 3 aromatic rings. The van der Waals surface area contributed by atoms with Crippen molar-refractivity contribution in [2.45, 2.75) is 44.4 Å². The van der Waals surface area contributed by atoms with Gasteiger partial charge in [-0.1, -0.05) is 36.4 Å². The van der Waals surface area contributed by atoms with E-state index < -0.39 is 42.3 Å². The maximum Gasteiger partial charge on any atom is 0.270 e. The van der Waals surface area contributed by atoms with E-state index in [0.717, 1.165) is 29.8 Å². The first-order valence-electron chi connectivity index (χ1n) is 15.1. The van der Waals surface area contributed by atoms with Gasteiger partial charge in [0.05, 0.1) is 24.6 Å². The first-order chi connectivity index (χ1) is 21.2. The summed E-state index contributed by atoms with van der Waals surface area (Å²) in [7, 11) is 0. The molecule has 1 saturated carbocycles. The summed E-state index contributed by atoms with van der Waals surface area (Å²) < 4.78 is 28.1. The largest absolute Gasteiger partial charge is 0.348 e. The number of pyridine rings is 1. The average Bonchev–Trinajstić information content (AvgIpc) is 3.51. The van der Waals surface area contributed by atoms with E-state index in [9.17, 15) is 23.2 Å². The lowest BCUT2D eigenvalue weighted by Gasteiger charge is -2.26. The number of rotatable bonds is 9. The topological polar surface area (TPSA) is 103 Å². The average molecular weight is 600 g/mol. The third-order valence-electron chi connectivity index (χ3n) is 8.42. The molecule has 0 spiro atoms. The van der Waals surface area contributed by atoms with Gasteiger partial charge in [-0.15, -0.1) is 0 Å². The van der Waals surface area contributed by atoms with Crippen LogP contribution in [0.15, 0.2) is 60.7 Å². The van der Waals surface area contributed by atoms with Crippen molar-refractivity contribution >= 4 is 40.3 Å². The SMILES string of the molecule is C[C@H](NC(=O)[C@@H]1C[C@@H](F)CN1C(=O)CNC(=O)c1ccc2cc(F)ccc2n1)c1cc(C2=CCNC2)ccc1/C=C/C1CC1. The van der Waals surface area contributed by atoms with Crippen LogP contribution in [-0.4, -0.2) is 66.0 Å². The van der Waals surface area contributed by atoms with Crippen molar-refractivity contribution in [2.24, 2.45) is 5.92 Å². The molecule has 1 aromatic heterocycles. The Morgan fingerprint density at radius 3 is 2.75 bits per heavy atom. The summed E-state index contributed by atoms with van der Waals surface area (Å²) in [4.78, 5) is 44.8. The van der Waals surface area contributed by atoms with Crippen LogP contribution >= 0.6 is 0 Å². The highest BCUT2D eigenvalue weighted by Crippen LogP contribution is 2.33. The number of hydrogen-bond acceptors (Lipinski definition) is 5. The van der Waals surface area contributed by atoms with Gasteiger partial charge >= 0.3 is 0 Å². The third-order valence-corrected chi connectivity index (χ3v) is 8.42. The number of amides is 3. The number of alkyl halides is 1. The van der Waals surface area contributed by atoms with E-state index in [2.05, 4.69) is 57.4 Å². The first-order valence-corrected chi connectivity index (χ1v) is 15.1. The standard InChI is InChI=1S/C34H35F2N5O3/c1-20(28-15-23(25-12-13-37-17-25)7-6-22(28)5-4-21-2-3-21)39-34(44)31-16-27(36)19-41(31)32(42)18-38-33(43)30-10-8-24-14-26(35)9-11-29(24)40-30/h4-12,14-15,20-21,27,31,37H,2-3,13,16-19H2,1H3,(H,38,43)(H,39,44)/b5-4+/t20-,27+,31-/m0/s1. The highest BCUT2D eigenvalue weighted by atomic mass is 19.1. The van der Waals surface area contributed by atoms with Crippen LogP contribution in [0.3, 0.4) is 0 Å². The van der Waals surface area contributed by atoms with E-state index in [0.29, 0.717) is 16.8 Å². The molecule has 1 saturated heterocycles. The number of fused-ring (bicyclic) bond motifs is 1. The quantitative estimate of drug-likeness (QED) is 0.340. The Bertz CT molecular complexity index is 1670. The zero-order valence-electron chi connectivity index (χ0n) is 24.5. The second-order valence-corrected chi connectivity index (χ2v) is 11.7. The predicted molar refractivity (Wildman–Crippen MR) is 165 cm³/mol. The van der Waals surface area contributed by atoms with Crippen molar-refractivity contribution in [1.82, 2.24) is 25.8 Å². The highest BCUT2D eigenvalue weighted by Gasteiger charge is 2.40. The van der Waals surface area contributed by atoms with Gasteiger partial charge in [-0.2, -0.15) is 0 Å². The van der Waals surface area contributed by atoms with Crippen molar-refractivity contribution in [3.63, 3.8) is 0 Å². The minimum atomic E-state index is -1.36. The molecule has 228 valence electrons. The fraction of sp³-hybridized carbons (Fsp3) is 0.353. The summed E-state index contributed by atoms with van der Waals surface area (Å²) >= 11 is 0. The zero-order chi connectivity index (χ0) is 30.8. The lowest BCUT2D eigenvalue weighted by atomic mass is 9.94. The molecule has 3 atom stereocenters. The van der Waals surface area contributed by atoms with Crippen LogP contribution < -0.4 is 16.0 Å². The molecule has 2 fully saturated rings. The van der Waals surface area contributed by atoms with Gasteiger partial charge in [0, 0.05) is 24.9 Å². The number of nitrogens with one attached hydrogen (secondary N) is 3. The highest BCUT2D eigenvalue weighted by molar-refractivity contribution is 5.97. The maximum atomic E-state index is 14.6. The fourth-order valence-electron chi connectivity index (χ4n) is 5.79.